The molecular formula is C14H23N3O. The van der Waals surface area contributed by atoms with Crippen LogP contribution in [0.3, 0.4) is 0 Å². The first-order valence-electron chi connectivity index (χ1n) is 6.59. The number of hydrogen-bond acceptors (Lipinski definition) is 3. The van der Waals surface area contributed by atoms with E-state index in [4.69, 9.17) is 5.73 Å². The molecule has 1 aromatic rings. The van der Waals surface area contributed by atoms with Crippen LogP contribution in [-0.2, 0) is 0 Å². The van der Waals surface area contributed by atoms with Crippen LogP contribution in [-0.4, -0.2) is 28.4 Å². The fraction of sp³-hybridized carbons (Fsp3) is 0.571. The highest BCUT2D eigenvalue weighted by atomic mass is 16.2. The van der Waals surface area contributed by atoms with Crippen molar-refractivity contribution in [3.63, 3.8) is 0 Å². The van der Waals surface area contributed by atoms with Crippen LogP contribution >= 0.6 is 0 Å². The summed E-state index contributed by atoms with van der Waals surface area (Å²) >= 11 is 0. The molecule has 0 aliphatic heterocycles. The van der Waals surface area contributed by atoms with Gasteiger partial charge in [-0.15, -0.1) is 0 Å². The molecule has 0 saturated heterocycles. The lowest BCUT2D eigenvalue weighted by Gasteiger charge is -2.29. The van der Waals surface area contributed by atoms with E-state index < -0.39 is 0 Å². The van der Waals surface area contributed by atoms with Gasteiger partial charge in [0, 0.05) is 18.3 Å². The first-order valence-corrected chi connectivity index (χ1v) is 6.59. The first kappa shape index (κ1) is 14.5. The average Bonchev–Trinajstić information content (AvgIpc) is 2.37. The number of pyridine rings is 1. The van der Waals surface area contributed by atoms with Crippen molar-refractivity contribution < 1.29 is 4.79 Å². The van der Waals surface area contributed by atoms with E-state index in [1.807, 2.05) is 24.8 Å². The standard InChI is InChI=1S/C14H23N3O/c1-5-11(6-2)17(7-3)14(18)13-12(15)9-8-10(4)16-13/h8-9,11H,5-7,15H2,1-4H3. The fourth-order valence-corrected chi connectivity index (χ4v) is 2.17. The second-order valence-electron chi connectivity index (χ2n) is 4.45. The van der Waals surface area contributed by atoms with E-state index in [0.29, 0.717) is 17.9 Å². The SMILES string of the molecule is CCC(CC)N(CC)C(=O)c1nc(C)ccc1N. The molecule has 0 saturated carbocycles. The van der Waals surface area contributed by atoms with Crippen molar-refractivity contribution in [1.82, 2.24) is 9.88 Å². The maximum atomic E-state index is 12.5. The highest BCUT2D eigenvalue weighted by Gasteiger charge is 2.23. The van der Waals surface area contributed by atoms with Crippen molar-refractivity contribution >= 4 is 11.6 Å². The number of nitrogens with two attached hydrogens (primary N) is 1. The van der Waals surface area contributed by atoms with Crippen LogP contribution < -0.4 is 5.73 Å². The lowest BCUT2D eigenvalue weighted by Crippen LogP contribution is -2.40. The van der Waals surface area contributed by atoms with Crippen molar-refractivity contribution in [3.8, 4) is 0 Å². The van der Waals surface area contributed by atoms with Gasteiger partial charge in [0.05, 0.1) is 5.69 Å². The summed E-state index contributed by atoms with van der Waals surface area (Å²) < 4.78 is 0. The second-order valence-corrected chi connectivity index (χ2v) is 4.45. The number of nitrogens with zero attached hydrogens (tertiary/aromatic N) is 2. The molecule has 0 spiro atoms. The molecule has 4 heteroatoms. The van der Waals surface area contributed by atoms with Gasteiger partial charge in [0.1, 0.15) is 0 Å². The summed E-state index contributed by atoms with van der Waals surface area (Å²) in [6.07, 6.45) is 1.89. The van der Waals surface area contributed by atoms with Crippen molar-refractivity contribution in [2.75, 3.05) is 12.3 Å². The molecule has 0 unspecified atom stereocenters. The quantitative estimate of drug-likeness (QED) is 0.872. The van der Waals surface area contributed by atoms with Gasteiger partial charge in [0.2, 0.25) is 0 Å². The van der Waals surface area contributed by atoms with Crippen molar-refractivity contribution in [2.45, 2.75) is 46.6 Å². The monoisotopic (exact) mass is 249 g/mol. The summed E-state index contributed by atoms with van der Waals surface area (Å²) in [5.41, 5.74) is 7.50. The zero-order chi connectivity index (χ0) is 13.7. The molecule has 0 fully saturated rings. The van der Waals surface area contributed by atoms with Crippen LogP contribution in [0, 0.1) is 6.92 Å². The predicted octanol–water partition coefficient (Wildman–Crippen LogP) is 2.62. The van der Waals surface area contributed by atoms with Gasteiger partial charge in [-0.05, 0) is 38.8 Å². The molecule has 4 nitrogen and oxygen atoms in total. The summed E-state index contributed by atoms with van der Waals surface area (Å²) in [4.78, 5) is 18.6. The lowest BCUT2D eigenvalue weighted by molar-refractivity contribution is 0.0675. The van der Waals surface area contributed by atoms with E-state index in [9.17, 15) is 4.79 Å². The number of amides is 1. The normalized spacial score (nSPS) is 10.7. The van der Waals surface area contributed by atoms with Crippen molar-refractivity contribution in [1.29, 1.82) is 0 Å². The Bertz CT molecular complexity index is 414. The zero-order valence-corrected chi connectivity index (χ0v) is 11.7. The molecule has 0 radical (unpaired) electrons. The molecule has 0 aromatic carbocycles. The molecule has 1 heterocycles. The number of carbonyl (C=O) groups is 1. The maximum absolute atomic E-state index is 12.5. The Hall–Kier alpha value is -1.58. The van der Waals surface area contributed by atoms with Crippen LogP contribution in [0.4, 0.5) is 5.69 Å². The van der Waals surface area contributed by atoms with Gasteiger partial charge in [0.25, 0.3) is 5.91 Å². The van der Waals surface area contributed by atoms with Gasteiger partial charge >= 0.3 is 0 Å². The van der Waals surface area contributed by atoms with Crippen molar-refractivity contribution in [2.24, 2.45) is 0 Å². The van der Waals surface area contributed by atoms with Gasteiger partial charge in [-0.3, -0.25) is 4.79 Å². The minimum absolute atomic E-state index is 0.0626. The van der Waals surface area contributed by atoms with Crippen molar-refractivity contribution in [3.05, 3.63) is 23.5 Å². The van der Waals surface area contributed by atoms with Crippen LogP contribution in [0.5, 0.6) is 0 Å². The molecule has 2 N–H and O–H groups in total. The predicted molar refractivity (Wildman–Crippen MR) is 74.5 cm³/mol. The second kappa shape index (κ2) is 6.38. The number of carbonyl (C=O) groups excluding carboxylic acids is 1. The van der Waals surface area contributed by atoms with E-state index >= 15 is 0 Å². The fourth-order valence-electron chi connectivity index (χ4n) is 2.17. The van der Waals surface area contributed by atoms with E-state index in [0.717, 1.165) is 18.5 Å². The van der Waals surface area contributed by atoms with Crippen LogP contribution in [0.15, 0.2) is 12.1 Å². The Labute approximate surface area is 109 Å². The highest BCUT2D eigenvalue weighted by molar-refractivity contribution is 5.97. The van der Waals surface area contributed by atoms with E-state index in [1.54, 1.807) is 6.07 Å². The van der Waals surface area contributed by atoms with E-state index in [1.165, 1.54) is 0 Å². The maximum Gasteiger partial charge on any atom is 0.274 e. The molecule has 0 bridgehead atoms. The molecule has 0 aliphatic carbocycles. The molecule has 18 heavy (non-hydrogen) atoms. The number of aromatic nitrogens is 1. The summed E-state index contributed by atoms with van der Waals surface area (Å²) in [7, 11) is 0. The van der Waals surface area contributed by atoms with Gasteiger partial charge in [-0.1, -0.05) is 13.8 Å². The topological polar surface area (TPSA) is 59.2 Å². The van der Waals surface area contributed by atoms with Gasteiger partial charge in [-0.2, -0.15) is 0 Å². The first-order chi connectivity index (χ1) is 8.54. The average molecular weight is 249 g/mol. The number of anilines is 1. The summed E-state index contributed by atoms with van der Waals surface area (Å²) in [5, 5.41) is 0. The number of aryl methyl sites for hydroxylation is 1. The summed E-state index contributed by atoms with van der Waals surface area (Å²) in [6, 6.07) is 3.82. The lowest BCUT2D eigenvalue weighted by atomic mass is 10.1. The number of hydrogen-bond donors (Lipinski definition) is 1. The zero-order valence-electron chi connectivity index (χ0n) is 11.7. The minimum Gasteiger partial charge on any atom is -0.397 e. The van der Waals surface area contributed by atoms with Crippen LogP contribution in [0.2, 0.25) is 0 Å². The Morgan fingerprint density at radius 1 is 1.33 bits per heavy atom. The third-order valence-corrected chi connectivity index (χ3v) is 3.25. The Morgan fingerprint density at radius 2 is 1.94 bits per heavy atom. The largest absolute Gasteiger partial charge is 0.397 e. The van der Waals surface area contributed by atoms with Gasteiger partial charge in [-0.25, -0.2) is 4.98 Å². The summed E-state index contributed by atoms with van der Waals surface area (Å²) in [5.74, 6) is -0.0626. The molecule has 1 aromatic heterocycles. The minimum atomic E-state index is -0.0626. The summed E-state index contributed by atoms with van der Waals surface area (Å²) in [6.45, 7) is 8.72. The molecule has 1 amide bonds. The van der Waals surface area contributed by atoms with Crippen LogP contribution in [0.25, 0.3) is 0 Å². The highest BCUT2D eigenvalue weighted by Crippen LogP contribution is 2.16. The Balaban J connectivity index is 3.06. The number of rotatable bonds is 5. The van der Waals surface area contributed by atoms with Gasteiger partial charge < -0.3 is 10.6 Å². The molecule has 1 rings (SSSR count). The van der Waals surface area contributed by atoms with Gasteiger partial charge in [0.15, 0.2) is 5.69 Å². The third-order valence-electron chi connectivity index (χ3n) is 3.25. The van der Waals surface area contributed by atoms with E-state index in [-0.39, 0.29) is 11.9 Å². The van der Waals surface area contributed by atoms with Crippen LogP contribution in [0.1, 0.15) is 49.8 Å². The molecule has 0 atom stereocenters. The molecule has 0 aliphatic rings. The molecular weight excluding hydrogens is 226 g/mol. The Kier molecular flexibility index (Phi) is 5.13. The molecule has 100 valence electrons. The third kappa shape index (κ3) is 3.00. The Morgan fingerprint density at radius 3 is 2.44 bits per heavy atom. The number of nitrogen functional groups attached to an aromatic ring is 1. The van der Waals surface area contributed by atoms with E-state index in [2.05, 4.69) is 18.8 Å². The smallest absolute Gasteiger partial charge is 0.274 e.